The molecule has 0 heterocycles. The molecule has 0 aliphatic heterocycles. The van der Waals surface area contributed by atoms with Crippen molar-refractivity contribution >= 4 is 21.2 Å². The van der Waals surface area contributed by atoms with Crippen molar-refractivity contribution in [2.75, 3.05) is 6.54 Å². The summed E-state index contributed by atoms with van der Waals surface area (Å²) in [7, 11) is -10.6. The molecule has 0 bridgehead atoms. The number of carboxylic acids is 1. The largest absolute Gasteiger partial charge is 0.478 e. The molecular formula is C8H19NO9P2. The number of hydrogen-bond donors (Lipinski definition) is 7. The van der Waals surface area contributed by atoms with Gasteiger partial charge in [0, 0.05) is 12.0 Å². The Morgan fingerprint density at radius 1 is 1.20 bits per heavy atom. The molecule has 0 rings (SSSR count). The summed E-state index contributed by atoms with van der Waals surface area (Å²) in [4.78, 5) is 44.1. The molecule has 8 N–H and O–H groups in total. The Hall–Kier alpha value is -0.570. The van der Waals surface area contributed by atoms with Gasteiger partial charge in [-0.2, -0.15) is 0 Å². The third-order valence-corrected chi connectivity index (χ3v) is 5.89. The zero-order valence-electron chi connectivity index (χ0n) is 10.7. The minimum absolute atomic E-state index is 0.0394. The Kier molecular flexibility index (Phi) is 8.71. The highest BCUT2D eigenvalue weighted by molar-refractivity contribution is 7.72. The van der Waals surface area contributed by atoms with Crippen LogP contribution in [0.3, 0.4) is 0 Å². The molecule has 0 radical (unpaired) electrons. The molecule has 0 atom stereocenters. The van der Waals surface area contributed by atoms with E-state index in [2.05, 4.69) is 6.58 Å². The Balaban J connectivity index is 0. The van der Waals surface area contributed by atoms with Crippen molar-refractivity contribution in [3.05, 3.63) is 12.2 Å². The number of hydrogen-bond acceptors (Lipinski definition) is 5. The zero-order valence-corrected chi connectivity index (χ0v) is 12.5. The average Bonchev–Trinajstić information content (AvgIpc) is 2.23. The first-order valence-electron chi connectivity index (χ1n) is 5.13. The van der Waals surface area contributed by atoms with Crippen molar-refractivity contribution in [2.24, 2.45) is 5.73 Å². The van der Waals surface area contributed by atoms with Gasteiger partial charge in [-0.25, -0.2) is 4.79 Å². The van der Waals surface area contributed by atoms with Gasteiger partial charge >= 0.3 is 21.2 Å². The molecule has 10 nitrogen and oxygen atoms in total. The van der Waals surface area contributed by atoms with Gasteiger partial charge in [-0.1, -0.05) is 6.58 Å². The van der Waals surface area contributed by atoms with Crippen LogP contribution in [-0.2, 0) is 13.9 Å². The summed E-state index contributed by atoms with van der Waals surface area (Å²) in [6, 6.07) is 0. The molecule has 0 aliphatic carbocycles. The normalized spacial score (nSPS) is 12.3. The summed E-state index contributed by atoms with van der Waals surface area (Å²) in [5.41, 5.74) is 5.18. The first-order chi connectivity index (χ1) is 8.70. The van der Waals surface area contributed by atoms with E-state index < -0.39 is 32.7 Å². The van der Waals surface area contributed by atoms with E-state index in [1.54, 1.807) is 0 Å². The number of carboxylic acid groups (broad SMARTS) is 1. The van der Waals surface area contributed by atoms with Crippen molar-refractivity contribution in [2.45, 2.75) is 24.8 Å². The summed E-state index contributed by atoms with van der Waals surface area (Å²) in [6.45, 7) is 4.56. The van der Waals surface area contributed by atoms with Crippen molar-refractivity contribution in [1.29, 1.82) is 0 Å². The summed E-state index contributed by atoms with van der Waals surface area (Å²) < 4.78 is 21.4. The van der Waals surface area contributed by atoms with Crippen LogP contribution in [0.1, 0.15) is 19.8 Å². The van der Waals surface area contributed by atoms with Crippen molar-refractivity contribution in [1.82, 2.24) is 0 Å². The van der Waals surface area contributed by atoms with Gasteiger partial charge in [0.2, 0.25) is 0 Å². The molecule has 0 fully saturated rings. The Morgan fingerprint density at radius 2 is 1.50 bits per heavy atom. The number of carbonyl (C=O) groups is 1. The monoisotopic (exact) mass is 335 g/mol. The highest BCUT2D eigenvalue weighted by Crippen LogP contribution is 2.69. The van der Waals surface area contributed by atoms with Gasteiger partial charge in [0.1, 0.15) is 0 Å². The van der Waals surface area contributed by atoms with E-state index in [1.165, 1.54) is 6.92 Å². The summed E-state index contributed by atoms with van der Waals surface area (Å²) in [5, 5.41) is 13.8. The Morgan fingerprint density at radius 3 is 1.65 bits per heavy atom. The minimum atomic E-state index is -5.30. The summed E-state index contributed by atoms with van der Waals surface area (Å²) in [6.07, 6.45) is -0.856. The Bertz CT molecular complexity index is 403. The predicted octanol–water partition coefficient (Wildman–Crippen LogP) is -0.626. The van der Waals surface area contributed by atoms with Crippen LogP contribution in [0.15, 0.2) is 12.2 Å². The third-order valence-electron chi connectivity index (χ3n) is 2.01. The first kappa shape index (κ1) is 21.7. The molecule has 0 aromatic carbocycles. The highest BCUT2D eigenvalue weighted by atomic mass is 31.2. The van der Waals surface area contributed by atoms with Crippen LogP contribution in [0.5, 0.6) is 0 Å². The molecule has 0 aromatic rings. The number of aliphatic carboxylic acids is 1. The smallest absolute Gasteiger partial charge is 0.369 e. The third kappa shape index (κ3) is 6.74. The second kappa shape index (κ2) is 8.02. The number of nitrogens with two attached hydrogens (primary N) is 1. The summed E-state index contributed by atoms with van der Waals surface area (Å²) >= 11 is 0. The molecule has 0 saturated heterocycles. The fourth-order valence-corrected chi connectivity index (χ4v) is 3.06. The molecule has 120 valence electrons. The second-order valence-electron chi connectivity index (χ2n) is 3.84. The number of rotatable bonds is 6. The van der Waals surface area contributed by atoms with Gasteiger partial charge in [-0.15, -0.1) is 0 Å². The van der Waals surface area contributed by atoms with E-state index in [0.717, 1.165) is 0 Å². The lowest BCUT2D eigenvalue weighted by molar-refractivity contribution is -0.132. The summed E-state index contributed by atoms with van der Waals surface area (Å²) in [5.74, 6) is -0.935. The lowest BCUT2D eigenvalue weighted by Crippen LogP contribution is -2.29. The van der Waals surface area contributed by atoms with E-state index in [-0.39, 0.29) is 18.5 Å². The van der Waals surface area contributed by atoms with Crippen LogP contribution in [0, 0.1) is 0 Å². The minimum Gasteiger partial charge on any atom is -0.478 e. The van der Waals surface area contributed by atoms with Crippen LogP contribution >= 0.6 is 15.2 Å². The van der Waals surface area contributed by atoms with Crippen LogP contribution in [0.2, 0.25) is 0 Å². The lowest BCUT2D eigenvalue weighted by atomic mass is 10.3. The van der Waals surface area contributed by atoms with Crippen LogP contribution in [0.25, 0.3) is 0 Å². The van der Waals surface area contributed by atoms with E-state index in [0.29, 0.717) is 0 Å². The van der Waals surface area contributed by atoms with Gasteiger partial charge < -0.3 is 35.5 Å². The topological polar surface area (TPSA) is 199 Å². The fourth-order valence-electron chi connectivity index (χ4n) is 0.800. The van der Waals surface area contributed by atoms with Crippen LogP contribution in [0.4, 0.5) is 0 Å². The highest BCUT2D eigenvalue weighted by Gasteiger charge is 2.58. The standard InChI is InChI=1S/C4H13NO7P2.C4H6O2/c5-3-1-2-4(6,13(7,8)9)14(10,11)12;1-3(2)4(5)6/h6H,1-3,5H2,(H2,7,8,9)(H2,10,11,12);1H2,2H3,(H,5,6). The van der Waals surface area contributed by atoms with E-state index >= 15 is 0 Å². The van der Waals surface area contributed by atoms with Crippen molar-refractivity contribution in [3.63, 3.8) is 0 Å². The number of aliphatic hydroxyl groups is 1. The molecule has 0 unspecified atom stereocenters. The predicted molar refractivity (Wildman–Crippen MR) is 69.8 cm³/mol. The van der Waals surface area contributed by atoms with Gasteiger partial charge in [0.15, 0.2) is 0 Å². The molecule has 0 spiro atoms. The fraction of sp³-hybridized carbons (Fsp3) is 0.625. The van der Waals surface area contributed by atoms with Crippen molar-refractivity contribution in [3.8, 4) is 0 Å². The van der Waals surface area contributed by atoms with Gasteiger partial charge in [-0.3, -0.25) is 9.13 Å². The lowest BCUT2D eigenvalue weighted by Gasteiger charge is -2.28. The maximum atomic E-state index is 10.7. The molecule has 0 aromatic heterocycles. The van der Waals surface area contributed by atoms with Gasteiger partial charge in [-0.05, 0) is 19.9 Å². The van der Waals surface area contributed by atoms with E-state index in [9.17, 15) is 19.0 Å². The molecule has 20 heavy (non-hydrogen) atoms. The zero-order chi connectivity index (χ0) is 16.8. The average molecular weight is 335 g/mol. The van der Waals surface area contributed by atoms with Gasteiger partial charge in [0.25, 0.3) is 5.08 Å². The van der Waals surface area contributed by atoms with Gasteiger partial charge in [0.05, 0.1) is 0 Å². The van der Waals surface area contributed by atoms with E-state index in [1.807, 2.05) is 0 Å². The second-order valence-corrected chi connectivity index (χ2v) is 7.85. The first-order valence-corrected chi connectivity index (χ1v) is 8.35. The van der Waals surface area contributed by atoms with E-state index in [4.69, 9.17) is 30.4 Å². The van der Waals surface area contributed by atoms with Crippen LogP contribution in [-0.4, -0.2) is 47.4 Å². The molecule has 0 saturated carbocycles. The molecule has 0 amide bonds. The maximum absolute atomic E-state index is 10.7. The quantitative estimate of drug-likeness (QED) is 0.242. The Labute approximate surface area is 115 Å². The molecular weight excluding hydrogens is 316 g/mol. The van der Waals surface area contributed by atoms with Crippen LogP contribution < -0.4 is 5.73 Å². The van der Waals surface area contributed by atoms with Crippen molar-refractivity contribution < 1.29 is 43.7 Å². The molecule has 0 aliphatic rings. The maximum Gasteiger partial charge on any atom is 0.369 e. The SMILES string of the molecule is C=C(C)C(=O)O.NCCCC(O)(P(=O)(O)O)P(=O)(O)O. The molecule has 12 heteroatoms.